The highest BCUT2D eigenvalue weighted by atomic mass is 35.5. The van der Waals surface area contributed by atoms with Crippen LogP contribution in [0.1, 0.15) is 11.3 Å². The van der Waals surface area contributed by atoms with Gasteiger partial charge in [0.1, 0.15) is 0 Å². The Morgan fingerprint density at radius 1 is 1.13 bits per heavy atom. The Balaban J connectivity index is 1.63. The van der Waals surface area contributed by atoms with E-state index in [-0.39, 0.29) is 6.03 Å². The van der Waals surface area contributed by atoms with Crippen molar-refractivity contribution in [1.82, 2.24) is 9.88 Å². The molecule has 2 amide bonds. The number of benzene rings is 2. The molecule has 0 atom stereocenters. The highest BCUT2D eigenvalue weighted by molar-refractivity contribution is 6.30. The molecule has 118 valence electrons. The van der Waals surface area contributed by atoms with Gasteiger partial charge in [-0.15, -0.1) is 0 Å². The van der Waals surface area contributed by atoms with Crippen molar-refractivity contribution in [2.75, 3.05) is 5.32 Å². The maximum atomic E-state index is 11.9. The molecule has 0 radical (unpaired) electrons. The number of amides is 2. The van der Waals surface area contributed by atoms with E-state index in [4.69, 9.17) is 11.6 Å². The number of carbonyl (C=O) groups excluding carboxylic acids is 1. The van der Waals surface area contributed by atoms with Crippen molar-refractivity contribution >= 4 is 34.2 Å². The fourth-order valence-electron chi connectivity index (χ4n) is 2.54. The number of urea groups is 1. The number of nitrogens with zero attached hydrogens (tertiary/aromatic N) is 1. The monoisotopic (exact) mass is 327 g/mol. The third kappa shape index (κ3) is 3.48. The molecule has 0 aliphatic carbocycles. The largest absolute Gasteiger partial charge is 0.348 e. The molecule has 3 rings (SSSR count). The number of aromatic nitrogens is 1. The van der Waals surface area contributed by atoms with Gasteiger partial charge in [0.25, 0.3) is 0 Å². The zero-order chi connectivity index (χ0) is 16.4. The second kappa shape index (κ2) is 6.34. The summed E-state index contributed by atoms with van der Waals surface area (Å²) in [6, 6.07) is 15.1. The molecule has 0 spiro atoms. The molecule has 0 aliphatic rings. The van der Waals surface area contributed by atoms with Gasteiger partial charge in [0.05, 0.1) is 0 Å². The van der Waals surface area contributed by atoms with Crippen molar-refractivity contribution in [2.24, 2.45) is 7.05 Å². The van der Waals surface area contributed by atoms with Gasteiger partial charge in [-0.05, 0) is 55.0 Å². The maximum absolute atomic E-state index is 11.9. The second-order valence-electron chi connectivity index (χ2n) is 5.55. The molecule has 2 aromatic carbocycles. The van der Waals surface area contributed by atoms with Crippen molar-refractivity contribution in [2.45, 2.75) is 13.5 Å². The van der Waals surface area contributed by atoms with Gasteiger partial charge in [0.15, 0.2) is 0 Å². The van der Waals surface area contributed by atoms with E-state index in [1.165, 1.54) is 16.6 Å². The zero-order valence-corrected chi connectivity index (χ0v) is 13.8. The van der Waals surface area contributed by atoms with Gasteiger partial charge >= 0.3 is 6.03 Å². The minimum Gasteiger partial charge on any atom is -0.348 e. The Morgan fingerprint density at radius 2 is 1.87 bits per heavy atom. The van der Waals surface area contributed by atoms with Crippen LogP contribution in [0.15, 0.2) is 48.5 Å². The molecule has 0 fully saturated rings. The molecule has 5 heteroatoms. The summed E-state index contributed by atoms with van der Waals surface area (Å²) in [5.74, 6) is 0. The summed E-state index contributed by atoms with van der Waals surface area (Å²) >= 11 is 5.82. The highest BCUT2D eigenvalue weighted by Gasteiger charge is 2.05. The SMILES string of the molecule is Cc1cc2cc(CNC(=O)Nc3ccc(Cl)cc3)ccc2n1C. The lowest BCUT2D eigenvalue weighted by Gasteiger charge is -2.08. The summed E-state index contributed by atoms with van der Waals surface area (Å²) in [6.07, 6.45) is 0. The number of fused-ring (bicyclic) bond motifs is 1. The van der Waals surface area contributed by atoms with Gasteiger partial charge in [0, 0.05) is 40.9 Å². The van der Waals surface area contributed by atoms with Gasteiger partial charge in [-0.1, -0.05) is 17.7 Å². The predicted octanol–water partition coefficient (Wildman–Crippen LogP) is 4.46. The van der Waals surface area contributed by atoms with E-state index >= 15 is 0 Å². The molecule has 3 aromatic rings. The smallest absolute Gasteiger partial charge is 0.319 e. The third-order valence-corrected chi connectivity index (χ3v) is 4.15. The number of halogens is 1. The normalized spacial score (nSPS) is 10.7. The van der Waals surface area contributed by atoms with Crippen LogP contribution in [0, 0.1) is 6.92 Å². The molecule has 23 heavy (non-hydrogen) atoms. The number of aryl methyl sites for hydroxylation is 2. The third-order valence-electron chi connectivity index (χ3n) is 3.90. The van der Waals surface area contributed by atoms with Crippen LogP contribution in [-0.4, -0.2) is 10.6 Å². The van der Waals surface area contributed by atoms with Crippen molar-refractivity contribution in [3.05, 3.63) is 64.8 Å². The van der Waals surface area contributed by atoms with Crippen LogP contribution in [0.25, 0.3) is 10.9 Å². The lowest BCUT2D eigenvalue weighted by atomic mass is 10.1. The van der Waals surface area contributed by atoms with Crippen LogP contribution in [-0.2, 0) is 13.6 Å². The summed E-state index contributed by atoms with van der Waals surface area (Å²) in [5, 5.41) is 7.46. The molecule has 0 saturated carbocycles. The minimum absolute atomic E-state index is 0.239. The molecule has 0 unspecified atom stereocenters. The molecule has 2 N–H and O–H groups in total. The van der Waals surface area contributed by atoms with Crippen molar-refractivity contribution in [3.63, 3.8) is 0 Å². The molecule has 0 bridgehead atoms. The lowest BCUT2D eigenvalue weighted by Crippen LogP contribution is -2.28. The minimum atomic E-state index is -0.239. The number of anilines is 1. The van der Waals surface area contributed by atoms with Crippen LogP contribution < -0.4 is 10.6 Å². The average Bonchev–Trinajstić information content (AvgIpc) is 2.82. The topological polar surface area (TPSA) is 46.1 Å². The number of rotatable bonds is 3. The summed E-state index contributed by atoms with van der Waals surface area (Å²) in [7, 11) is 2.05. The molecule has 1 aromatic heterocycles. The Kier molecular flexibility index (Phi) is 4.26. The van der Waals surface area contributed by atoms with Crippen LogP contribution in [0.3, 0.4) is 0 Å². The quantitative estimate of drug-likeness (QED) is 0.733. The predicted molar refractivity (Wildman–Crippen MR) is 95.0 cm³/mol. The van der Waals surface area contributed by atoms with Crippen molar-refractivity contribution < 1.29 is 4.79 Å². The lowest BCUT2D eigenvalue weighted by molar-refractivity contribution is 0.251. The van der Waals surface area contributed by atoms with Crippen LogP contribution in [0.4, 0.5) is 10.5 Å². The van der Waals surface area contributed by atoms with E-state index < -0.39 is 0 Å². The number of hydrogen-bond acceptors (Lipinski definition) is 1. The van der Waals surface area contributed by atoms with Gasteiger partial charge in [0.2, 0.25) is 0 Å². The first-order chi connectivity index (χ1) is 11.0. The second-order valence-corrected chi connectivity index (χ2v) is 5.99. The van der Waals surface area contributed by atoms with Gasteiger partial charge < -0.3 is 15.2 Å². The number of carbonyl (C=O) groups is 1. The Bertz CT molecular complexity index is 853. The van der Waals surface area contributed by atoms with Gasteiger partial charge in [-0.25, -0.2) is 4.79 Å². The first kappa shape index (κ1) is 15.4. The maximum Gasteiger partial charge on any atom is 0.319 e. The fraction of sp³-hybridized carbons (Fsp3) is 0.167. The average molecular weight is 328 g/mol. The van der Waals surface area contributed by atoms with E-state index in [1.807, 2.05) is 6.07 Å². The molecule has 4 nitrogen and oxygen atoms in total. The first-order valence-electron chi connectivity index (χ1n) is 7.38. The first-order valence-corrected chi connectivity index (χ1v) is 7.76. The Hall–Kier alpha value is -2.46. The summed E-state index contributed by atoms with van der Waals surface area (Å²) in [4.78, 5) is 11.9. The van der Waals surface area contributed by atoms with E-state index in [0.717, 1.165) is 5.56 Å². The Labute approximate surface area is 140 Å². The van der Waals surface area contributed by atoms with Crippen LogP contribution >= 0.6 is 11.6 Å². The van der Waals surface area contributed by atoms with Crippen LogP contribution in [0.2, 0.25) is 5.02 Å². The molecule has 0 saturated heterocycles. The molecular weight excluding hydrogens is 310 g/mol. The van der Waals surface area contributed by atoms with Crippen molar-refractivity contribution in [1.29, 1.82) is 0 Å². The molecule has 1 heterocycles. The van der Waals surface area contributed by atoms with E-state index in [1.54, 1.807) is 24.3 Å². The highest BCUT2D eigenvalue weighted by Crippen LogP contribution is 2.19. The Morgan fingerprint density at radius 3 is 2.61 bits per heavy atom. The fourth-order valence-corrected chi connectivity index (χ4v) is 2.66. The molecule has 0 aliphatic heterocycles. The number of nitrogens with one attached hydrogen (secondary N) is 2. The van der Waals surface area contributed by atoms with Gasteiger partial charge in [-0.2, -0.15) is 0 Å². The van der Waals surface area contributed by atoms with Crippen LogP contribution in [0.5, 0.6) is 0 Å². The van der Waals surface area contributed by atoms with Gasteiger partial charge in [-0.3, -0.25) is 0 Å². The summed E-state index contributed by atoms with van der Waals surface area (Å²) in [5.41, 5.74) is 4.18. The van der Waals surface area contributed by atoms with E-state index in [9.17, 15) is 4.79 Å². The molecular formula is C18H18ClN3O. The van der Waals surface area contributed by atoms with E-state index in [0.29, 0.717) is 17.3 Å². The number of hydrogen-bond donors (Lipinski definition) is 2. The van der Waals surface area contributed by atoms with E-state index in [2.05, 4.69) is 47.4 Å². The summed E-state index contributed by atoms with van der Waals surface area (Å²) < 4.78 is 2.15. The zero-order valence-electron chi connectivity index (χ0n) is 13.1. The standard InChI is InChI=1S/C18H18ClN3O/c1-12-9-14-10-13(3-8-17(14)22(12)2)11-20-18(23)21-16-6-4-15(19)5-7-16/h3-10H,11H2,1-2H3,(H2,20,21,23). The van der Waals surface area contributed by atoms with Crippen molar-refractivity contribution in [3.8, 4) is 0 Å². The summed E-state index contributed by atoms with van der Waals surface area (Å²) in [6.45, 7) is 2.56.